The largest absolute Gasteiger partial charge is 0.325 e. The molecule has 0 spiro atoms. The predicted octanol–water partition coefficient (Wildman–Crippen LogP) is 2.30. The lowest BCUT2D eigenvalue weighted by Crippen LogP contribution is -2.11. The average Bonchev–Trinajstić information content (AvgIpc) is 2.21. The van der Waals surface area contributed by atoms with Gasteiger partial charge in [0.2, 0.25) is 11.0 Å². The van der Waals surface area contributed by atoms with Crippen LogP contribution >= 0.6 is 23.4 Å². The Balaban J connectivity index is 2.46. The highest BCUT2D eigenvalue weighted by molar-refractivity contribution is 8.13. The van der Waals surface area contributed by atoms with Crippen molar-refractivity contribution < 1.29 is 9.59 Å². The van der Waals surface area contributed by atoms with Crippen molar-refractivity contribution >= 4 is 40.1 Å². The van der Waals surface area contributed by atoms with E-state index in [0.717, 1.165) is 11.8 Å². The van der Waals surface area contributed by atoms with Crippen molar-refractivity contribution in [2.45, 2.75) is 11.3 Å². The van der Waals surface area contributed by atoms with Gasteiger partial charge in [-0.1, -0.05) is 11.6 Å². The fourth-order valence-corrected chi connectivity index (χ4v) is 2.27. The molecule has 0 aliphatic carbocycles. The van der Waals surface area contributed by atoms with E-state index < -0.39 is 0 Å². The van der Waals surface area contributed by atoms with Crippen molar-refractivity contribution in [3.63, 3.8) is 0 Å². The number of rotatable bonds is 0. The first kappa shape index (κ1) is 9.55. The quantitative estimate of drug-likeness (QED) is 0.692. The summed E-state index contributed by atoms with van der Waals surface area (Å²) in [5.74, 6) is -0.274. The number of benzene rings is 1. The van der Waals surface area contributed by atoms with E-state index in [1.165, 1.54) is 0 Å². The van der Waals surface area contributed by atoms with Crippen LogP contribution in [0.2, 0.25) is 5.02 Å². The van der Waals surface area contributed by atoms with Crippen LogP contribution in [0, 0.1) is 0 Å². The fraction of sp³-hybridized carbons (Fsp3) is 0.111. The Morgan fingerprint density at radius 1 is 1.36 bits per heavy atom. The highest BCUT2D eigenvalue weighted by Gasteiger charge is 2.19. The molecule has 14 heavy (non-hydrogen) atoms. The number of thioether (sulfide) groups is 1. The van der Waals surface area contributed by atoms with E-state index >= 15 is 0 Å². The smallest absolute Gasteiger partial charge is 0.232 e. The molecule has 1 N–H and O–H groups in total. The minimum Gasteiger partial charge on any atom is -0.325 e. The summed E-state index contributed by atoms with van der Waals surface area (Å²) in [5.41, 5.74) is 0.648. The topological polar surface area (TPSA) is 46.2 Å². The summed E-state index contributed by atoms with van der Waals surface area (Å²) in [5, 5.41) is 3.03. The molecule has 1 aliphatic rings. The molecule has 0 fully saturated rings. The van der Waals surface area contributed by atoms with Gasteiger partial charge in [0, 0.05) is 9.92 Å². The molecular weight excluding hydrogens is 222 g/mol. The maximum atomic E-state index is 11.2. The molecule has 0 unspecified atom stereocenters. The minimum absolute atomic E-state index is 0.0863. The zero-order valence-electron chi connectivity index (χ0n) is 7.04. The third-order valence-corrected chi connectivity index (χ3v) is 2.91. The number of fused-ring (bicyclic) bond motifs is 1. The summed E-state index contributed by atoms with van der Waals surface area (Å²) in [6.07, 6.45) is -0.0863. The van der Waals surface area contributed by atoms with E-state index in [1.54, 1.807) is 18.2 Å². The van der Waals surface area contributed by atoms with Crippen LogP contribution in [0.15, 0.2) is 23.1 Å². The first-order valence-electron chi connectivity index (χ1n) is 3.95. The normalized spacial score (nSPS) is 15.8. The number of halogens is 1. The fourth-order valence-electron chi connectivity index (χ4n) is 1.17. The van der Waals surface area contributed by atoms with Gasteiger partial charge in [-0.05, 0) is 30.0 Å². The van der Waals surface area contributed by atoms with E-state index in [1.807, 2.05) is 0 Å². The Hall–Kier alpha value is -1.00. The van der Waals surface area contributed by atoms with Crippen molar-refractivity contribution in [3.05, 3.63) is 23.2 Å². The van der Waals surface area contributed by atoms with Crippen LogP contribution in [0.4, 0.5) is 5.69 Å². The van der Waals surface area contributed by atoms with Crippen LogP contribution in [0.1, 0.15) is 6.42 Å². The van der Waals surface area contributed by atoms with Crippen molar-refractivity contribution in [3.8, 4) is 0 Å². The van der Waals surface area contributed by atoms with Gasteiger partial charge in [-0.15, -0.1) is 0 Å². The van der Waals surface area contributed by atoms with Crippen LogP contribution in [-0.4, -0.2) is 11.0 Å². The Morgan fingerprint density at radius 2 is 2.14 bits per heavy atom. The van der Waals surface area contributed by atoms with Crippen LogP contribution in [0.25, 0.3) is 0 Å². The Kier molecular flexibility index (Phi) is 2.48. The van der Waals surface area contributed by atoms with Crippen LogP contribution < -0.4 is 5.32 Å². The molecule has 3 nitrogen and oxygen atoms in total. The monoisotopic (exact) mass is 227 g/mol. The first-order valence-corrected chi connectivity index (χ1v) is 5.15. The lowest BCUT2D eigenvalue weighted by Gasteiger charge is -2.04. The number of nitrogens with one attached hydrogen (secondary N) is 1. The lowest BCUT2D eigenvalue weighted by atomic mass is 10.3. The predicted molar refractivity (Wildman–Crippen MR) is 55.6 cm³/mol. The van der Waals surface area contributed by atoms with E-state index in [2.05, 4.69) is 5.32 Å². The van der Waals surface area contributed by atoms with Gasteiger partial charge in [-0.3, -0.25) is 9.59 Å². The molecule has 5 heteroatoms. The molecule has 1 aliphatic heterocycles. The van der Waals surface area contributed by atoms with Crippen LogP contribution in [-0.2, 0) is 9.59 Å². The van der Waals surface area contributed by atoms with Crippen molar-refractivity contribution in [1.29, 1.82) is 0 Å². The summed E-state index contributed by atoms with van der Waals surface area (Å²) >= 11 is 6.82. The van der Waals surface area contributed by atoms with Crippen molar-refractivity contribution in [1.82, 2.24) is 0 Å². The second-order valence-electron chi connectivity index (χ2n) is 2.84. The van der Waals surface area contributed by atoms with Crippen LogP contribution in [0.3, 0.4) is 0 Å². The molecule has 0 bridgehead atoms. The van der Waals surface area contributed by atoms with E-state index in [9.17, 15) is 9.59 Å². The molecule has 0 aromatic heterocycles. The van der Waals surface area contributed by atoms with Gasteiger partial charge in [0.15, 0.2) is 0 Å². The highest BCUT2D eigenvalue weighted by Crippen LogP contribution is 2.33. The van der Waals surface area contributed by atoms with Crippen molar-refractivity contribution in [2.75, 3.05) is 5.32 Å². The molecule has 0 radical (unpaired) electrons. The van der Waals surface area contributed by atoms with E-state index in [-0.39, 0.29) is 17.4 Å². The molecule has 0 saturated carbocycles. The van der Waals surface area contributed by atoms with E-state index in [0.29, 0.717) is 15.6 Å². The summed E-state index contributed by atoms with van der Waals surface area (Å²) in [6, 6.07) is 5.04. The molecule has 1 aromatic carbocycles. The van der Waals surface area contributed by atoms with Gasteiger partial charge in [-0.25, -0.2) is 0 Å². The summed E-state index contributed by atoms with van der Waals surface area (Å²) in [7, 11) is 0. The number of hydrogen-bond acceptors (Lipinski definition) is 3. The molecule has 72 valence electrons. The third kappa shape index (κ3) is 1.91. The first-order chi connectivity index (χ1) is 6.65. The molecular formula is C9H6ClNO2S. The molecule has 1 aromatic rings. The van der Waals surface area contributed by atoms with Gasteiger partial charge < -0.3 is 5.32 Å². The summed E-state index contributed by atoms with van der Waals surface area (Å²) in [6.45, 7) is 0. The molecule has 0 saturated heterocycles. The Morgan fingerprint density at radius 3 is 2.93 bits per heavy atom. The molecule has 1 amide bonds. The number of anilines is 1. The number of hydrogen-bond donors (Lipinski definition) is 1. The van der Waals surface area contributed by atoms with Crippen LogP contribution in [0.5, 0.6) is 0 Å². The SMILES string of the molecule is O=C1CC(=O)Sc2cc(Cl)ccc2N1. The van der Waals surface area contributed by atoms with Gasteiger partial charge in [-0.2, -0.15) is 0 Å². The third-order valence-electron chi connectivity index (χ3n) is 1.75. The second kappa shape index (κ2) is 3.63. The van der Waals surface area contributed by atoms with E-state index in [4.69, 9.17) is 11.6 Å². The molecule has 0 atom stereocenters. The standard InChI is InChI=1S/C9H6ClNO2S/c10-5-1-2-6-7(3-5)14-9(13)4-8(12)11-6/h1-3H,4H2,(H,11,12). The summed E-state index contributed by atoms with van der Waals surface area (Å²) in [4.78, 5) is 23.1. The zero-order valence-corrected chi connectivity index (χ0v) is 8.61. The molecule has 1 heterocycles. The lowest BCUT2D eigenvalue weighted by molar-refractivity contribution is -0.121. The maximum Gasteiger partial charge on any atom is 0.232 e. The van der Waals surface area contributed by atoms with Gasteiger partial charge in [0.1, 0.15) is 0 Å². The highest BCUT2D eigenvalue weighted by atomic mass is 35.5. The Labute approximate surface area is 89.8 Å². The number of carbonyl (C=O) groups is 2. The second-order valence-corrected chi connectivity index (χ2v) is 4.38. The Bertz CT molecular complexity index is 419. The van der Waals surface area contributed by atoms with Gasteiger partial charge in [0.25, 0.3) is 0 Å². The summed E-state index contributed by atoms with van der Waals surface area (Å²) < 4.78 is 0. The molecule has 2 rings (SSSR count). The zero-order chi connectivity index (χ0) is 10.1. The number of amides is 1. The average molecular weight is 228 g/mol. The maximum absolute atomic E-state index is 11.2. The van der Waals surface area contributed by atoms with Gasteiger partial charge in [0.05, 0.1) is 12.1 Å². The van der Waals surface area contributed by atoms with Crippen molar-refractivity contribution in [2.24, 2.45) is 0 Å². The number of carbonyl (C=O) groups excluding carboxylic acids is 2. The van der Waals surface area contributed by atoms with Gasteiger partial charge >= 0.3 is 0 Å². The minimum atomic E-state index is -0.274.